The zero-order valence-corrected chi connectivity index (χ0v) is 13.9. The van der Waals surface area contributed by atoms with E-state index >= 15 is 0 Å². The summed E-state index contributed by atoms with van der Waals surface area (Å²) in [5.41, 5.74) is 1.03. The van der Waals surface area contributed by atoms with Gasteiger partial charge in [-0.25, -0.2) is 8.42 Å². The van der Waals surface area contributed by atoms with Gasteiger partial charge in [0.05, 0.1) is 23.6 Å². The number of carbonyl (C=O) groups is 1. The van der Waals surface area contributed by atoms with Crippen LogP contribution in [0.2, 0.25) is 0 Å². The van der Waals surface area contributed by atoms with E-state index in [0.717, 1.165) is 5.56 Å². The smallest absolute Gasteiger partial charge is 0.262 e. The van der Waals surface area contributed by atoms with E-state index in [4.69, 9.17) is 5.26 Å². The van der Waals surface area contributed by atoms with Crippen LogP contribution in [0.3, 0.4) is 0 Å². The monoisotopic (exact) mass is 349 g/mol. The number of rotatable bonds is 3. The van der Waals surface area contributed by atoms with E-state index in [-0.39, 0.29) is 29.2 Å². The second kappa shape index (κ2) is 6.34. The lowest BCUT2D eigenvalue weighted by atomic mass is 10.1. The molecular weight excluding hydrogens is 334 g/mol. The van der Waals surface area contributed by atoms with Crippen LogP contribution in [0.15, 0.2) is 35.3 Å². The van der Waals surface area contributed by atoms with Gasteiger partial charge in [0, 0.05) is 11.8 Å². The average Bonchev–Trinajstić information content (AvgIpc) is 2.94. The standard InChI is InChI=1S/C15H15N3O3S2/c16-7-6-14(19)17-15-18(8-11-4-2-1-3-5-11)12-9-23(20,21)10-13(12)22-15/h1-5,12-13H,6,8-10H2/t12-,13+/m1/s1. The maximum absolute atomic E-state index is 11.9. The number of fused-ring (bicyclic) bond motifs is 1. The van der Waals surface area contributed by atoms with Gasteiger partial charge < -0.3 is 4.90 Å². The van der Waals surface area contributed by atoms with Gasteiger partial charge in [0.2, 0.25) is 0 Å². The molecule has 0 aromatic heterocycles. The SMILES string of the molecule is N#CCC(=O)N=C1S[C@H]2CS(=O)(=O)C[C@H]2N1Cc1ccccc1. The Morgan fingerprint density at radius 2 is 2.09 bits per heavy atom. The van der Waals surface area contributed by atoms with Crippen molar-refractivity contribution in [2.45, 2.75) is 24.3 Å². The minimum absolute atomic E-state index is 0.0863. The highest BCUT2D eigenvalue weighted by Crippen LogP contribution is 2.39. The lowest BCUT2D eigenvalue weighted by Gasteiger charge is -2.24. The first-order valence-electron chi connectivity index (χ1n) is 7.14. The topological polar surface area (TPSA) is 90.6 Å². The maximum atomic E-state index is 11.9. The zero-order chi connectivity index (χ0) is 16.4. The minimum atomic E-state index is -3.05. The van der Waals surface area contributed by atoms with Crippen molar-refractivity contribution < 1.29 is 13.2 Å². The third-order valence-electron chi connectivity index (χ3n) is 3.82. The molecule has 8 heteroatoms. The minimum Gasteiger partial charge on any atom is -0.342 e. The van der Waals surface area contributed by atoms with Crippen molar-refractivity contribution in [3.63, 3.8) is 0 Å². The molecular formula is C15H15N3O3S2. The van der Waals surface area contributed by atoms with E-state index in [2.05, 4.69) is 4.99 Å². The Bertz CT molecular complexity index is 784. The van der Waals surface area contributed by atoms with Crippen LogP contribution in [-0.2, 0) is 21.2 Å². The molecule has 2 aliphatic heterocycles. The summed E-state index contributed by atoms with van der Waals surface area (Å²) >= 11 is 1.33. The first-order valence-corrected chi connectivity index (χ1v) is 9.85. The molecule has 2 saturated heterocycles. The van der Waals surface area contributed by atoms with Crippen molar-refractivity contribution in [1.29, 1.82) is 5.26 Å². The summed E-state index contributed by atoms with van der Waals surface area (Å²) in [6.45, 7) is 0.503. The molecule has 0 bridgehead atoms. The molecule has 23 heavy (non-hydrogen) atoms. The van der Waals surface area contributed by atoms with Crippen molar-refractivity contribution in [3.8, 4) is 6.07 Å². The quantitative estimate of drug-likeness (QED) is 0.814. The Morgan fingerprint density at radius 3 is 2.78 bits per heavy atom. The van der Waals surface area contributed by atoms with Crippen LogP contribution in [0.4, 0.5) is 0 Å². The van der Waals surface area contributed by atoms with Gasteiger partial charge in [-0.3, -0.25) is 4.79 Å². The van der Waals surface area contributed by atoms with Gasteiger partial charge in [0.15, 0.2) is 15.0 Å². The Hall–Kier alpha value is -1.85. The van der Waals surface area contributed by atoms with Crippen LogP contribution in [0.5, 0.6) is 0 Å². The number of hydrogen-bond donors (Lipinski definition) is 0. The predicted molar refractivity (Wildman–Crippen MR) is 88.5 cm³/mol. The molecule has 1 aromatic carbocycles. The number of aliphatic imine (C=N–C) groups is 1. The molecule has 2 atom stereocenters. The van der Waals surface area contributed by atoms with E-state index in [9.17, 15) is 13.2 Å². The molecule has 1 aromatic rings. The highest BCUT2D eigenvalue weighted by atomic mass is 32.2. The number of amidine groups is 1. The number of nitriles is 1. The summed E-state index contributed by atoms with van der Waals surface area (Å²) in [5.74, 6) is -0.293. The molecule has 0 radical (unpaired) electrons. The third kappa shape index (κ3) is 3.57. The molecule has 0 spiro atoms. The van der Waals surface area contributed by atoms with E-state index < -0.39 is 15.7 Å². The number of thioether (sulfide) groups is 1. The highest BCUT2D eigenvalue weighted by molar-refractivity contribution is 8.15. The molecule has 2 aliphatic rings. The van der Waals surface area contributed by atoms with Crippen molar-refractivity contribution >= 4 is 32.7 Å². The number of hydrogen-bond acceptors (Lipinski definition) is 5. The molecule has 0 unspecified atom stereocenters. The molecule has 3 rings (SSSR count). The Balaban J connectivity index is 1.88. The van der Waals surface area contributed by atoms with Crippen LogP contribution in [-0.4, -0.2) is 47.2 Å². The lowest BCUT2D eigenvalue weighted by molar-refractivity contribution is -0.116. The average molecular weight is 349 g/mol. The van der Waals surface area contributed by atoms with Gasteiger partial charge in [-0.05, 0) is 5.56 Å². The Kier molecular flexibility index (Phi) is 4.41. The number of sulfone groups is 1. The van der Waals surface area contributed by atoms with Crippen molar-refractivity contribution in [1.82, 2.24) is 4.90 Å². The third-order valence-corrected chi connectivity index (χ3v) is 7.07. The Morgan fingerprint density at radius 1 is 1.35 bits per heavy atom. The van der Waals surface area contributed by atoms with Crippen LogP contribution < -0.4 is 0 Å². The highest BCUT2D eigenvalue weighted by Gasteiger charge is 2.48. The van der Waals surface area contributed by atoms with Crippen molar-refractivity contribution in [2.75, 3.05) is 11.5 Å². The molecule has 0 aliphatic carbocycles. The molecule has 2 fully saturated rings. The number of benzene rings is 1. The predicted octanol–water partition coefficient (Wildman–Crippen LogP) is 1.20. The fourth-order valence-electron chi connectivity index (χ4n) is 2.81. The summed E-state index contributed by atoms with van der Waals surface area (Å²) in [4.78, 5) is 17.6. The van der Waals surface area contributed by atoms with E-state index in [1.807, 2.05) is 35.2 Å². The van der Waals surface area contributed by atoms with Crippen LogP contribution in [0.25, 0.3) is 0 Å². The molecule has 6 nitrogen and oxygen atoms in total. The van der Waals surface area contributed by atoms with Gasteiger partial charge >= 0.3 is 0 Å². The van der Waals surface area contributed by atoms with Gasteiger partial charge in [-0.2, -0.15) is 10.3 Å². The fourth-order valence-corrected chi connectivity index (χ4v) is 6.78. The first kappa shape index (κ1) is 16.0. The van der Waals surface area contributed by atoms with E-state index in [1.165, 1.54) is 11.8 Å². The maximum Gasteiger partial charge on any atom is 0.262 e. The van der Waals surface area contributed by atoms with Crippen LogP contribution in [0.1, 0.15) is 12.0 Å². The van der Waals surface area contributed by atoms with Crippen molar-refractivity contribution in [3.05, 3.63) is 35.9 Å². The van der Waals surface area contributed by atoms with Gasteiger partial charge in [-0.1, -0.05) is 42.1 Å². The van der Waals surface area contributed by atoms with Gasteiger partial charge in [0.1, 0.15) is 6.42 Å². The zero-order valence-electron chi connectivity index (χ0n) is 12.3. The molecule has 120 valence electrons. The van der Waals surface area contributed by atoms with Crippen LogP contribution >= 0.6 is 11.8 Å². The summed E-state index contributed by atoms with van der Waals surface area (Å²) in [6, 6.07) is 11.3. The first-order chi connectivity index (χ1) is 11.0. The summed E-state index contributed by atoms with van der Waals surface area (Å²) < 4.78 is 23.8. The largest absolute Gasteiger partial charge is 0.342 e. The Labute approximate surface area is 139 Å². The number of nitrogens with zero attached hydrogens (tertiary/aromatic N) is 3. The van der Waals surface area contributed by atoms with E-state index in [0.29, 0.717) is 11.7 Å². The summed E-state index contributed by atoms with van der Waals surface area (Å²) in [7, 11) is -3.05. The normalized spacial score (nSPS) is 26.9. The lowest BCUT2D eigenvalue weighted by Crippen LogP contribution is -2.37. The van der Waals surface area contributed by atoms with E-state index in [1.54, 1.807) is 6.07 Å². The second-order valence-corrected chi connectivity index (χ2v) is 8.90. The van der Waals surface area contributed by atoms with Crippen molar-refractivity contribution in [2.24, 2.45) is 4.99 Å². The number of amides is 1. The summed E-state index contributed by atoms with van der Waals surface area (Å²) in [6.07, 6.45) is -0.267. The second-order valence-electron chi connectivity index (χ2n) is 5.54. The molecule has 2 heterocycles. The molecule has 0 N–H and O–H groups in total. The van der Waals surface area contributed by atoms with Crippen LogP contribution in [0, 0.1) is 11.3 Å². The van der Waals surface area contributed by atoms with Gasteiger partial charge in [-0.15, -0.1) is 0 Å². The fraction of sp³-hybridized carbons (Fsp3) is 0.400. The summed E-state index contributed by atoms with van der Waals surface area (Å²) in [5, 5.41) is 9.03. The van der Waals surface area contributed by atoms with Gasteiger partial charge in [0.25, 0.3) is 5.91 Å². The molecule has 0 saturated carbocycles. The molecule has 1 amide bonds. The number of carbonyl (C=O) groups excluding carboxylic acids is 1.